The minimum atomic E-state index is 0.696. The van der Waals surface area contributed by atoms with Crippen LogP contribution in [0.3, 0.4) is 0 Å². The van der Waals surface area contributed by atoms with Crippen LogP contribution in [0.1, 0.15) is 6.42 Å². The molecule has 1 aromatic rings. The Morgan fingerprint density at radius 1 is 1.33 bits per heavy atom. The van der Waals surface area contributed by atoms with E-state index in [9.17, 15) is 0 Å². The topological polar surface area (TPSA) is 24.1 Å². The first kappa shape index (κ1) is 11.0. The Bertz CT molecular complexity index is 270. The Balaban J connectivity index is 1.59. The molecule has 1 aliphatic rings. The average Bonchev–Trinajstić information content (AvgIpc) is 2.79. The quantitative estimate of drug-likeness (QED) is 0.586. The van der Waals surface area contributed by atoms with E-state index in [4.69, 9.17) is 0 Å². The van der Waals surface area contributed by atoms with Crippen LogP contribution in [-0.2, 0) is 0 Å². The molecular weight excluding hydrogens is 204 g/mol. The summed E-state index contributed by atoms with van der Waals surface area (Å²) in [6.45, 7) is 3.41. The van der Waals surface area contributed by atoms with Gasteiger partial charge in [0.15, 0.2) is 0 Å². The van der Waals surface area contributed by atoms with E-state index in [2.05, 4.69) is 41.0 Å². The van der Waals surface area contributed by atoms with Crippen molar-refractivity contribution in [1.29, 1.82) is 0 Å². The maximum absolute atomic E-state index is 3.57. The van der Waals surface area contributed by atoms with E-state index in [0.29, 0.717) is 6.04 Å². The van der Waals surface area contributed by atoms with Crippen LogP contribution in [0, 0.1) is 0 Å². The molecular formula is C12H18N2S. The number of thioether (sulfide) groups is 1. The molecule has 1 saturated heterocycles. The third-order valence-corrected chi connectivity index (χ3v) is 3.62. The van der Waals surface area contributed by atoms with Crippen molar-refractivity contribution in [3.8, 4) is 0 Å². The normalized spacial score (nSPS) is 20.7. The summed E-state index contributed by atoms with van der Waals surface area (Å²) in [5.74, 6) is 1.15. The van der Waals surface area contributed by atoms with E-state index >= 15 is 0 Å². The van der Waals surface area contributed by atoms with Crippen molar-refractivity contribution in [3.05, 3.63) is 30.3 Å². The molecule has 1 unspecified atom stereocenters. The second kappa shape index (κ2) is 6.16. The summed E-state index contributed by atoms with van der Waals surface area (Å²) in [6, 6.07) is 11.3. The monoisotopic (exact) mass is 222 g/mol. The molecule has 0 radical (unpaired) electrons. The van der Waals surface area contributed by atoms with Gasteiger partial charge in [-0.05, 0) is 25.1 Å². The first-order valence-corrected chi connectivity index (χ1v) is 6.55. The van der Waals surface area contributed by atoms with Gasteiger partial charge in [-0.3, -0.25) is 0 Å². The van der Waals surface area contributed by atoms with E-state index in [1.807, 2.05) is 11.8 Å². The van der Waals surface area contributed by atoms with Crippen LogP contribution >= 0.6 is 11.8 Å². The van der Waals surface area contributed by atoms with Crippen LogP contribution in [0.25, 0.3) is 0 Å². The minimum absolute atomic E-state index is 0.696. The predicted molar refractivity (Wildman–Crippen MR) is 66.4 cm³/mol. The van der Waals surface area contributed by atoms with Crippen LogP contribution < -0.4 is 10.6 Å². The summed E-state index contributed by atoms with van der Waals surface area (Å²) in [6.07, 6.45) is 1.27. The molecule has 1 aliphatic heterocycles. The second-order valence-electron chi connectivity index (χ2n) is 3.81. The highest BCUT2D eigenvalue weighted by Crippen LogP contribution is 2.15. The molecule has 2 rings (SSSR count). The summed E-state index contributed by atoms with van der Waals surface area (Å²) in [5, 5.41) is 6.93. The van der Waals surface area contributed by atoms with Crippen molar-refractivity contribution >= 4 is 11.8 Å². The van der Waals surface area contributed by atoms with E-state index < -0.39 is 0 Å². The zero-order valence-corrected chi connectivity index (χ0v) is 9.72. The molecule has 2 N–H and O–H groups in total. The molecule has 0 aliphatic carbocycles. The molecule has 0 amide bonds. The molecule has 3 heteroatoms. The van der Waals surface area contributed by atoms with Gasteiger partial charge in [0, 0.05) is 29.8 Å². The van der Waals surface area contributed by atoms with Gasteiger partial charge in [0.2, 0.25) is 0 Å². The zero-order valence-electron chi connectivity index (χ0n) is 8.91. The van der Waals surface area contributed by atoms with Crippen molar-refractivity contribution in [2.24, 2.45) is 0 Å². The summed E-state index contributed by atoms with van der Waals surface area (Å²) in [4.78, 5) is 1.36. The van der Waals surface area contributed by atoms with Gasteiger partial charge >= 0.3 is 0 Å². The fraction of sp³-hybridized carbons (Fsp3) is 0.500. The van der Waals surface area contributed by atoms with Gasteiger partial charge < -0.3 is 10.6 Å². The van der Waals surface area contributed by atoms with E-state index in [1.165, 1.54) is 17.9 Å². The highest BCUT2D eigenvalue weighted by Gasteiger charge is 2.12. The van der Waals surface area contributed by atoms with Gasteiger partial charge in [0.1, 0.15) is 0 Å². The molecule has 1 atom stereocenters. The third-order valence-electron chi connectivity index (χ3n) is 2.61. The summed E-state index contributed by atoms with van der Waals surface area (Å²) >= 11 is 1.92. The summed E-state index contributed by atoms with van der Waals surface area (Å²) in [5.41, 5.74) is 0. The van der Waals surface area contributed by atoms with E-state index in [0.717, 1.165) is 18.8 Å². The lowest BCUT2D eigenvalue weighted by Crippen LogP contribution is -2.32. The third kappa shape index (κ3) is 3.86. The zero-order chi connectivity index (χ0) is 10.3. The van der Waals surface area contributed by atoms with Crippen LogP contribution in [0.2, 0.25) is 0 Å². The Labute approximate surface area is 95.8 Å². The molecule has 1 heterocycles. The molecule has 1 aromatic carbocycles. The molecule has 0 saturated carbocycles. The maximum Gasteiger partial charge on any atom is 0.0204 e. The van der Waals surface area contributed by atoms with Crippen molar-refractivity contribution in [3.63, 3.8) is 0 Å². The molecule has 1 fully saturated rings. The van der Waals surface area contributed by atoms with Crippen LogP contribution in [-0.4, -0.2) is 31.4 Å². The number of hydrogen-bond donors (Lipinski definition) is 2. The highest BCUT2D eigenvalue weighted by molar-refractivity contribution is 7.99. The lowest BCUT2D eigenvalue weighted by Gasteiger charge is -2.10. The van der Waals surface area contributed by atoms with E-state index in [-0.39, 0.29) is 0 Å². The summed E-state index contributed by atoms with van der Waals surface area (Å²) in [7, 11) is 0. The van der Waals surface area contributed by atoms with Gasteiger partial charge in [-0.2, -0.15) is 0 Å². The number of benzene rings is 1. The molecule has 0 bridgehead atoms. The average molecular weight is 222 g/mol. The minimum Gasteiger partial charge on any atom is -0.315 e. The van der Waals surface area contributed by atoms with Gasteiger partial charge in [-0.1, -0.05) is 18.2 Å². The van der Waals surface area contributed by atoms with Gasteiger partial charge in [0.05, 0.1) is 0 Å². The van der Waals surface area contributed by atoms with Crippen LogP contribution in [0.4, 0.5) is 0 Å². The van der Waals surface area contributed by atoms with Gasteiger partial charge in [-0.25, -0.2) is 0 Å². The number of rotatable bonds is 5. The van der Waals surface area contributed by atoms with E-state index in [1.54, 1.807) is 0 Å². The number of nitrogens with one attached hydrogen (secondary N) is 2. The molecule has 0 aromatic heterocycles. The molecule has 0 spiro atoms. The smallest absolute Gasteiger partial charge is 0.0204 e. The fourth-order valence-electron chi connectivity index (χ4n) is 1.78. The Hall–Kier alpha value is -0.510. The van der Waals surface area contributed by atoms with Crippen molar-refractivity contribution in [1.82, 2.24) is 10.6 Å². The van der Waals surface area contributed by atoms with Crippen molar-refractivity contribution in [2.75, 3.05) is 25.4 Å². The van der Waals surface area contributed by atoms with Gasteiger partial charge in [0.25, 0.3) is 0 Å². The van der Waals surface area contributed by atoms with Crippen LogP contribution in [0.5, 0.6) is 0 Å². The first-order chi connectivity index (χ1) is 7.45. The largest absolute Gasteiger partial charge is 0.315 e. The maximum atomic E-state index is 3.57. The molecule has 15 heavy (non-hydrogen) atoms. The Morgan fingerprint density at radius 3 is 2.93 bits per heavy atom. The predicted octanol–water partition coefficient (Wildman–Crippen LogP) is 1.73. The Morgan fingerprint density at radius 2 is 2.20 bits per heavy atom. The summed E-state index contributed by atoms with van der Waals surface area (Å²) < 4.78 is 0. The molecule has 2 nitrogen and oxygen atoms in total. The highest BCUT2D eigenvalue weighted by atomic mass is 32.2. The first-order valence-electron chi connectivity index (χ1n) is 5.57. The van der Waals surface area contributed by atoms with Gasteiger partial charge in [-0.15, -0.1) is 11.8 Å². The second-order valence-corrected chi connectivity index (χ2v) is 4.97. The van der Waals surface area contributed by atoms with Crippen molar-refractivity contribution in [2.45, 2.75) is 17.4 Å². The lowest BCUT2D eigenvalue weighted by molar-refractivity contribution is 0.570. The molecule has 82 valence electrons. The number of hydrogen-bond acceptors (Lipinski definition) is 3. The Kier molecular flexibility index (Phi) is 4.51. The SMILES string of the molecule is c1ccc(SCCNC2CCNC2)cc1. The lowest BCUT2D eigenvalue weighted by atomic mass is 10.3. The van der Waals surface area contributed by atoms with Crippen LogP contribution in [0.15, 0.2) is 35.2 Å². The fourth-order valence-corrected chi connectivity index (χ4v) is 2.58. The van der Waals surface area contributed by atoms with Crippen molar-refractivity contribution < 1.29 is 0 Å². The standard InChI is InChI=1S/C12H18N2S/c1-2-4-12(5-3-1)15-9-8-14-11-6-7-13-10-11/h1-5,11,13-14H,6-10H2.